The smallest absolute Gasteiger partial charge is 0.00137 e. The first-order valence-corrected chi connectivity index (χ1v) is 16.1. The van der Waals surface area contributed by atoms with Crippen molar-refractivity contribution in [3.63, 3.8) is 0 Å². The summed E-state index contributed by atoms with van der Waals surface area (Å²) in [6.45, 7) is 0. The van der Waals surface area contributed by atoms with E-state index in [0.29, 0.717) is 0 Å². The summed E-state index contributed by atoms with van der Waals surface area (Å²) in [5, 5.41) is 10.7. The fourth-order valence-corrected chi connectivity index (χ4v) is 8.76. The van der Waals surface area contributed by atoms with Gasteiger partial charge in [-0.3, -0.25) is 0 Å². The Bertz CT molecular complexity index is 2580. The van der Waals surface area contributed by atoms with Crippen LogP contribution in [0, 0.1) is 0 Å². The first kappa shape index (κ1) is 24.4. The minimum atomic E-state index is 1.25. The minimum absolute atomic E-state index is 1.25. The van der Waals surface area contributed by atoms with Crippen molar-refractivity contribution in [2.45, 2.75) is 0 Å². The third-order valence-electron chi connectivity index (χ3n) is 10.5. The fourth-order valence-electron chi connectivity index (χ4n) is 8.76. The van der Waals surface area contributed by atoms with Crippen molar-refractivity contribution >= 4 is 43.1 Å². The molecule has 2 aliphatic rings. The molecule has 210 valence electrons. The zero-order valence-corrected chi connectivity index (χ0v) is 25.0. The second kappa shape index (κ2) is 8.81. The molecule has 0 N–H and O–H groups in total. The third-order valence-corrected chi connectivity index (χ3v) is 10.5. The summed E-state index contributed by atoms with van der Waals surface area (Å²) >= 11 is 0. The second-order valence-corrected chi connectivity index (χ2v) is 12.7. The number of hydrogen-bond donors (Lipinski definition) is 0. The molecule has 0 heteroatoms. The van der Waals surface area contributed by atoms with Gasteiger partial charge in [0.2, 0.25) is 0 Å². The molecule has 0 nitrogen and oxygen atoms in total. The van der Waals surface area contributed by atoms with Gasteiger partial charge in [-0.15, -0.1) is 0 Å². The molecule has 0 aliphatic heterocycles. The summed E-state index contributed by atoms with van der Waals surface area (Å²) in [5.41, 5.74) is 15.9. The quantitative estimate of drug-likeness (QED) is 0.179. The van der Waals surface area contributed by atoms with Crippen LogP contribution in [0.3, 0.4) is 0 Å². The van der Waals surface area contributed by atoms with E-state index in [4.69, 9.17) is 0 Å². The number of fused-ring (bicyclic) bond motifs is 10. The van der Waals surface area contributed by atoms with Gasteiger partial charge >= 0.3 is 0 Å². The monoisotopic (exact) mass is 578 g/mol. The van der Waals surface area contributed by atoms with Crippen molar-refractivity contribution in [2.24, 2.45) is 0 Å². The Morgan fingerprint density at radius 3 is 0.913 bits per heavy atom. The lowest BCUT2D eigenvalue weighted by molar-refractivity contribution is 1.65. The minimum Gasteiger partial charge on any atom is -0.0616 e. The fraction of sp³-hybridized carbons (Fsp3) is 0. The Kier molecular flexibility index (Phi) is 4.66. The van der Waals surface area contributed by atoms with E-state index in [0.717, 1.165) is 0 Å². The molecule has 0 unspecified atom stereocenters. The lowest BCUT2D eigenvalue weighted by atomic mass is 9.86. The highest BCUT2D eigenvalue weighted by molar-refractivity contribution is 6.30. The summed E-state index contributed by atoms with van der Waals surface area (Å²) in [4.78, 5) is 0. The Labute approximate surface area is 266 Å². The standard InChI is InChI=1S/C46H26/c1-3-13-31-29(11-1)33-19-9-21-39-41(35-15-5-7-17-37(35)43(31)45(33)39)27-23-25-28(26-24-27)42-36-16-6-8-18-38(36)44-32-14-4-2-12-30(32)34-20-10-22-40(42)46(34)44/h1-26H. The van der Waals surface area contributed by atoms with Gasteiger partial charge in [0.05, 0.1) is 0 Å². The van der Waals surface area contributed by atoms with E-state index in [1.165, 1.54) is 110 Å². The molecule has 0 radical (unpaired) electrons. The topological polar surface area (TPSA) is 0 Å². The molecule has 0 fully saturated rings. The maximum absolute atomic E-state index is 2.35. The van der Waals surface area contributed by atoms with Gasteiger partial charge in [-0.2, -0.15) is 0 Å². The van der Waals surface area contributed by atoms with Gasteiger partial charge in [0.1, 0.15) is 0 Å². The van der Waals surface area contributed by atoms with Crippen LogP contribution in [0.15, 0.2) is 158 Å². The number of rotatable bonds is 2. The summed E-state index contributed by atoms with van der Waals surface area (Å²) < 4.78 is 0. The van der Waals surface area contributed by atoms with Gasteiger partial charge in [0, 0.05) is 0 Å². The largest absolute Gasteiger partial charge is 0.0616 e. The van der Waals surface area contributed by atoms with Crippen LogP contribution in [0.2, 0.25) is 0 Å². The Hall–Kier alpha value is -5.98. The van der Waals surface area contributed by atoms with Crippen LogP contribution in [-0.4, -0.2) is 0 Å². The van der Waals surface area contributed by atoms with E-state index in [1.807, 2.05) is 0 Å². The normalized spacial score (nSPS) is 12.3. The maximum Gasteiger partial charge on any atom is -0.00137 e. The zero-order chi connectivity index (χ0) is 29.9. The third kappa shape index (κ3) is 2.99. The highest BCUT2D eigenvalue weighted by Gasteiger charge is 2.27. The predicted octanol–water partition coefficient (Wildman–Crippen LogP) is 12.9. The highest BCUT2D eigenvalue weighted by atomic mass is 14.3. The van der Waals surface area contributed by atoms with E-state index in [-0.39, 0.29) is 0 Å². The van der Waals surface area contributed by atoms with Gasteiger partial charge in [0.25, 0.3) is 0 Å². The molecule has 0 amide bonds. The highest BCUT2D eigenvalue weighted by Crippen LogP contribution is 2.55. The van der Waals surface area contributed by atoms with Crippen LogP contribution in [0.4, 0.5) is 0 Å². The molecule has 0 atom stereocenters. The molecular weight excluding hydrogens is 553 g/mol. The average Bonchev–Trinajstić information content (AvgIpc) is 3.64. The second-order valence-electron chi connectivity index (χ2n) is 12.7. The van der Waals surface area contributed by atoms with Crippen LogP contribution in [0.25, 0.3) is 110 Å². The molecule has 0 saturated heterocycles. The molecule has 0 aromatic heterocycles. The van der Waals surface area contributed by atoms with Gasteiger partial charge < -0.3 is 0 Å². The SMILES string of the molecule is c1ccc2c(c1)-c1cccc3c(-c4ccc(-c5c6ccccc6c6c7c(cccc57)-c5ccccc5-6)cc4)c4ccccc4c-2c13. The van der Waals surface area contributed by atoms with Crippen molar-refractivity contribution in [3.8, 4) is 66.8 Å². The lowest BCUT2D eigenvalue weighted by Crippen LogP contribution is -1.90. The summed E-state index contributed by atoms with van der Waals surface area (Å²) in [6, 6.07) is 58.8. The molecule has 2 aliphatic carbocycles. The van der Waals surface area contributed by atoms with Gasteiger partial charge in [0.15, 0.2) is 0 Å². The molecule has 0 spiro atoms. The first-order valence-electron chi connectivity index (χ1n) is 16.1. The van der Waals surface area contributed by atoms with Crippen molar-refractivity contribution in [2.75, 3.05) is 0 Å². The van der Waals surface area contributed by atoms with Crippen LogP contribution in [-0.2, 0) is 0 Å². The summed E-state index contributed by atoms with van der Waals surface area (Å²) in [7, 11) is 0. The lowest BCUT2D eigenvalue weighted by Gasteiger charge is -2.17. The van der Waals surface area contributed by atoms with Gasteiger partial charge in [-0.1, -0.05) is 158 Å². The van der Waals surface area contributed by atoms with Gasteiger partial charge in [-0.25, -0.2) is 0 Å². The number of benzene rings is 9. The summed E-state index contributed by atoms with van der Waals surface area (Å²) in [6.07, 6.45) is 0. The van der Waals surface area contributed by atoms with Crippen molar-refractivity contribution < 1.29 is 0 Å². The Balaban J connectivity index is 1.18. The van der Waals surface area contributed by atoms with E-state index >= 15 is 0 Å². The Morgan fingerprint density at radius 1 is 0.196 bits per heavy atom. The van der Waals surface area contributed by atoms with Crippen LogP contribution in [0.5, 0.6) is 0 Å². The van der Waals surface area contributed by atoms with Crippen molar-refractivity contribution in [1.29, 1.82) is 0 Å². The molecule has 0 bridgehead atoms. The molecule has 9 aromatic carbocycles. The molecule has 11 rings (SSSR count). The number of hydrogen-bond acceptors (Lipinski definition) is 0. The van der Waals surface area contributed by atoms with Crippen molar-refractivity contribution in [3.05, 3.63) is 158 Å². The maximum atomic E-state index is 2.35. The Morgan fingerprint density at radius 2 is 0.500 bits per heavy atom. The molecule has 0 saturated carbocycles. The van der Waals surface area contributed by atoms with Crippen LogP contribution < -0.4 is 0 Å². The molecule has 46 heavy (non-hydrogen) atoms. The van der Waals surface area contributed by atoms with E-state index in [9.17, 15) is 0 Å². The average molecular weight is 579 g/mol. The molecule has 0 heterocycles. The van der Waals surface area contributed by atoms with Gasteiger partial charge in [-0.05, 0) is 110 Å². The first-order chi connectivity index (χ1) is 22.9. The van der Waals surface area contributed by atoms with E-state index in [2.05, 4.69) is 158 Å². The van der Waals surface area contributed by atoms with Crippen LogP contribution >= 0.6 is 0 Å². The zero-order valence-electron chi connectivity index (χ0n) is 25.0. The van der Waals surface area contributed by atoms with Crippen molar-refractivity contribution in [1.82, 2.24) is 0 Å². The molecule has 9 aromatic rings. The van der Waals surface area contributed by atoms with E-state index in [1.54, 1.807) is 0 Å². The van der Waals surface area contributed by atoms with Crippen LogP contribution in [0.1, 0.15) is 0 Å². The summed E-state index contributed by atoms with van der Waals surface area (Å²) in [5.74, 6) is 0. The molecular formula is C46H26. The van der Waals surface area contributed by atoms with E-state index < -0.39 is 0 Å². The predicted molar refractivity (Wildman–Crippen MR) is 196 cm³/mol.